The van der Waals surface area contributed by atoms with Gasteiger partial charge in [-0.3, -0.25) is 4.79 Å². The number of carbonyl (C=O) groups is 1. The molecule has 0 radical (unpaired) electrons. The van der Waals surface area contributed by atoms with E-state index in [1.54, 1.807) is 0 Å². The minimum absolute atomic E-state index is 0.0443. The Morgan fingerprint density at radius 1 is 1.03 bits per heavy atom. The zero-order valence-electron chi connectivity index (χ0n) is 18.1. The molecule has 1 amide bonds. The summed E-state index contributed by atoms with van der Waals surface area (Å²) in [6.07, 6.45) is 1.85. The summed E-state index contributed by atoms with van der Waals surface area (Å²) in [6.45, 7) is 5.76. The number of aliphatic hydroxyl groups excluding tert-OH is 1. The number of nitrogens with zero attached hydrogens (tertiary/aromatic N) is 1. The molecule has 0 unspecified atom stereocenters. The van der Waals surface area contributed by atoms with E-state index in [2.05, 4.69) is 10.2 Å². The number of nitrogens with one attached hydrogen (secondary N) is 1. The fourth-order valence-corrected chi connectivity index (χ4v) is 4.45. The van der Waals surface area contributed by atoms with E-state index in [1.807, 2.05) is 55.5 Å². The number of ether oxygens (including phenoxy) is 2. The Hall–Kier alpha value is -2.57. The fraction of sp³-hybridized carbons (Fsp3) is 0.480. The van der Waals surface area contributed by atoms with Crippen LogP contribution < -0.4 is 14.8 Å². The summed E-state index contributed by atoms with van der Waals surface area (Å²) in [5.74, 6) is 1.11. The highest BCUT2D eigenvalue weighted by atomic mass is 16.6. The number of hydrogen-bond donors (Lipinski definition) is 2. The van der Waals surface area contributed by atoms with Crippen molar-refractivity contribution in [2.75, 3.05) is 32.8 Å². The third-order valence-electron chi connectivity index (χ3n) is 6.17. The van der Waals surface area contributed by atoms with Crippen molar-refractivity contribution in [2.24, 2.45) is 5.92 Å². The summed E-state index contributed by atoms with van der Waals surface area (Å²) in [7, 11) is 0. The van der Waals surface area contributed by atoms with Crippen LogP contribution in [0.1, 0.15) is 49.5 Å². The third kappa shape index (κ3) is 5.57. The van der Waals surface area contributed by atoms with Crippen LogP contribution in [0.5, 0.6) is 11.5 Å². The number of benzene rings is 2. The lowest BCUT2D eigenvalue weighted by molar-refractivity contribution is -0.124. The van der Waals surface area contributed by atoms with E-state index in [4.69, 9.17) is 9.47 Å². The molecule has 0 aromatic heterocycles. The summed E-state index contributed by atoms with van der Waals surface area (Å²) in [6, 6.07) is 15.4. The highest BCUT2D eigenvalue weighted by Gasteiger charge is 2.29. The van der Waals surface area contributed by atoms with Crippen LogP contribution in [0.2, 0.25) is 0 Å². The van der Waals surface area contributed by atoms with Gasteiger partial charge in [-0.15, -0.1) is 0 Å². The topological polar surface area (TPSA) is 71.0 Å². The molecule has 6 nitrogen and oxygen atoms in total. The van der Waals surface area contributed by atoms with E-state index in [9.17, 15) is 9.90 Å². The van der Waals surface area contributed by atoms with E-state index in [1.165, 1.54) is 12.8 Å². The van der Waals surface area contributed by atoms with Crippen LogP contribution in [0.25, 0.3) is 0 Å². The van der Waals surface area contributed by atoms with Gasteiger partial charge < -0.3 is 24.8 Å². The van der Waals surface area contributed by atoms with Crippen LogP contribution >= 0.6 is 0 Å². The van der Waals surface area contributed by atoms with E-state index < -0.39 is 6.10 Å². The van der Waals surface area contributed by atoms with Crippen molar-refractivity contribution in [3.63, 3.8) is 0 Å². The van der Waals surface area contributed by atoms with Gasteiger partial charge in [0.15, 0.2) is 11.5 Å². The second kappa shape index (κ2) is 10.2. The molecule has 166 valence electrons. The molecule has 3 atom stereocenters. The van der Waals surface area contributed by atoms with Crippen molar-refractivity contribution in [2.45, 2.75) is 38.3 Å². The predicted molar refractivity (Wildman–Crippen MR) is 119 cm³/mol. The Balaban J connectivity index is 1.46. The Kier molecular flexibility index (Phi) is 7.10. The molecule has 0 aliphatic carbocycles. The monoisotopic (exact) mass is 424 g/mol. The van der Waals surface area contributed by atoms with Gasteiger partial charge in [-0.25, -0.2) is 0 Å². The molecule has 2 aromatic carbocycles. The number of aliphatic hydroxyl groups is 1. The van der Waals surface area contributed by atoms with Gasteiger partial charge in [0.1, 0.15) is 13.2 Å². The third-order valence-corrected chi connectivity index (χ3v) is 6.17. The predicted octanol–water partition coefficient (Wildman–Crippen LogP) is 3.47. The first-order valence-electron chi connectivity index (χ1n) is 11.2. The van der Waals surface area contributed by atoms with Crippen LogP contribution in [-0.2, 0) is 4.79 Å². The van der Waals surface area contributed by atoms with Gasteiger partial charge in [0, 0.05) is 18.9 Å². The van der Waals surface area contributed by atoms with Crippen molar-refractivity contribution >= 4 is 5.91 Å². The van der Waals surface area contributed by atoms with Crippen molar-refractivity contribution in [3.05, 3.63) is 59.7 Å². The standard InChI is InChI=1S/C25H32N2O4/c1-18(19-7-3-2-4-8-19)26-24(28)16-21(17-27-11-5-6-12-27)25(29)20-9-10-22-23(15-20)31-14-13-30-22/h2-4,7-10,15,18,21,25,29H,5-6,11-14,16-17H2,1H3,(H,26,28)/t18-,21-,25-/m1/s1. The smallest absolute Gasteiger partial charge is 0.220 e. The zero-order valence-corrected chi connectivity index (χ0v) is 18.1. The summed E-state index contributed by atoms with van der Waals surface area (Å²) >= 11 is 0. The molecule has 2 heterocycles. The van der Waals surface area contributed by atoms with Gasteiger partial charge in [-0.2, -0.15) is 0 Å². The highest BCUT2D eigenvalue weighted by Crippen LogP contribution is 2.35. The molecule has 0 spiro atoms. The lowest BCUT2D eigenvalue weighted by atomic mass is 9.91. The Labute approximate surface area is 184 Å². The molecular formula is C25H32N2O4. The van der Waals surface area contributed by atoms with Gasteiger partial charge in [-0.1, -0.05) is 36.4 Å². The number of carbonyl (C=O) groups excluding carboxylic acids is 1. The summed E-state index contributed by atoms with van der Waals surface area (Å²) in [5.41, 5.74) is 1.83. The number of hydrogen-bond acceptors (Lipinski definition) is 5. The maximum Gasteiger partial charge on any atom is 0.220 e. The van der Waals surface area contributed by atoms with Crippen LogP contribution in [0, 0.1) is 5.92 Å². The average molecular weight is 425 g/mol. The molecule has 0 bridgehead atoms. The number of fused-ring (bicyclic) bond motifs is 1. The Bertz CT molecular complexity index is 867. The van der Waals surface area contributed by atoms with Gasteiger partial charge in [0.05, 0.1) is 12.1 Å². The molecular weight excluding hydrogens is 392 g/mol. The number of rotatable bonds is 8. The quantitative estimate of drug-likeness (QED) is 0.679. The molecule has 0 saturated carbocycles. The normalized spacial score (nSPS) is 18.9. The molecule has 2 aliphatic heterocycles. The molecule has 6 heteroatoms. The molecule has 2 aromatic rings. The first kappa shape index (κ1) is 21.7. The summed E-state index contributed by atoms with van der Waals surface area (Å²) in [4.78, 5) is 15.2. The Morgan fingerprint density at radius 2 is 1.74 bits per heavy atom. The molecule has 1 saturated heterocycles. The van der Waals surface area contributed by atoms with Gasteiger partial charge in [-0.05, 0) is 56.1 Å². The van der Waals surface area contributed by atoms with E-state index >= 15 is 0 Å². The minimum Gasteiger partial charge on any atom is -0.486 e. The van der Waals surface area contributed by atoms with Crippen molar-refractivity contribution in [1.29, 1.82) is 0 Å². The van der Waals surface area contributed by atoms with Crippen LogP contribution in [-0.4, -0.2) is 48.8 Å². The van der Waals surface area contributed by atoms with Crippen LogP contribution in [0.3, 0.4) is 0 Å². The lowest BCUT2D eigenvalue weighted by Crippen LogP contribution is -2.35. The van der Waals surface area contributed by atoms with Gasteiger partial charge in [0.2, 0.25) is 5.91 Å². The van der Waals surface area contributed by atoms with E-state index in [0.29, 0.717) is 31.3 Å². The zero-order chi connectivity index (χ0) is 21.6. The lowest BCUT2D eigenvalue weighted by Gasteiger charge is -2.29. The Morgan fingerprint density at radius 3 is 2.48 bits per heavy atom. The second-order valence-corrected chi connectivity index (χ2v) is 8.52. The van der Waals surface area contributed by atoms with Crippen molar-refractivity contribution in [3.8, 4) is 11.5 Å². The second-order valence-electron chi connectivity index (χ2n) is 8.52. The van der Waals surface area contributed by atoms with Crippen molar-refractivity contribution < 1.29 is 19.4 Å². The summed E-state index contributed by atoms with van der Waals surface area (Å²) < 4.78 is 11.3. The molecule has 2 N–H and O–H groups in total. The fourth-order valence-electron chi connectivity index (χ4n) is 4.45. The molecule has 4 rings (SSSR count). The van der Waals surface area contributed by atoms with Crippen LogP contribution in [0.4, 0.5) is 0 Å². The highest BCUT2D eigenvalue weighted by molar-refractivity contribution is 5.76. The molecule has 2 aliphatic rings. The van der Waals surface area contributed by atoms with E-state index in [-0.39, 0.29) is 24.3 Å². The average Bonchev–Trinajstić information content (AvgIpc) is 3.31. The number of likely N-dealkylation sites (tertiary alicyclic amines) is 1. The number of amides is 1. The SMILES string of the molecule is C[C@@H](NC(=O)C[C@H](CN1CCCC1)[C@H](O)c1ccc2c(c1)OCCO2)c1ccccc1. The molecule has 31 heavy (non-hydrogen) atoms. The first-order valence-corrected chi connectivity index (χ1v) is 11.2. The largest absolute Gasteiger partial charge is 0.486 e. The van der Waals surface area contributed by atoms with Gasteiger partial charge >= 0.3 is 0 Å². The maximum absolute atomic E-state index is 12.9. The molecule has 1 fully saturated rings. The first-order chi connectivity index (χ1) is 15.1. The van der Waals surface area contributed by atoms with Gasteiger partial charge in [0.25, 0.3) is 0 Å². The van der Waals surface area contributed by atoms with Crippen molar-refractivity contribution in [1.82, 2.24) is 10.2 Å². The van der Waals surface area contributed by atoms with E-state index in [0.717, 1.165) is 24.2 Å². The minimum atomic E-state index is -0.755. The summed E-state index contributed by atoms with van der Waals surface area (Å²) in [5, 5.41) is 14.3. The van der Waals surface area contributed by atoms with Crippen LogP contribution in [0.15, 0.2) is 48.5 Å². The maximum atomic E-state index is 12.9.